The normalized spacial score (nSPS) is 27.2. The van der Waals surface area contributed by atoms with Crippen molar-refractivity contribution in [2.75, 3.05) is 26.4 Å². The summed E-state index contributed by atoms with van der Waals surface area (Å²) in [6.45, 7) is 1.68. The Morgan fingerprint density at radius 3 is 1.03 bits per heavy atom. The fourth-order valence-electron chi connectivity index (χ4n) is 13.3. The number of allylic oxidation sites excluding steroid dienone is 5. The highest BCUT2D eigenvalue weighted by atomic mass is 16.8. The van der Waals surface area contributed by atoms with Crippen LogP contribution in [0.1, 0.15) is 316 Å². The van der Waals surface area contributed by atoms with Crippen molar-refractivity contribution in [1.29, 1.82) is 0 Å². The van der Waals surface area contributed by atoms with E-state index in [9.17, 15) is 61.0 Å². The zero-order valence-electron chi connectivity index (χ0n) is 60.1. The molecule has 0 saturated carbocycles. The molecule has 17 atom stereocenters. The summed E-state index contributed by atoms with van der Waals surface area (Å²) in [6.07, 6.45) is 44.8. The Morgan fingerprint density at radius 1 is 0.365 bits per heavy atom. The van der Waals surface area contributed by atoms with Crippen LogP contribution in [0.25, 0.3) is 0 Å². The minimum atomic E-state index is -1.98. The molecule has 3 rings (SSSR count). The largest absolute Gasteiger partial charge is 0.394 e. The maximum Gasteiger partial charge on any atom is 0.220 e. The van der Waals surface area contributed by atoms with Gasteiger partial charge in [-0.1, -0.05) is 307 Å². The van der Waals surface area contributed by atoms with Gasteiger partial charge in [0, 0.05) is 6.42 Å². The number of carbonyl (C=O) groups excluding carboxylic acids is 1. The van der Waals surface area contributed by atoms with E-state index in [1.54, 1.807) is 6.08 Å². The van der Waals surface area contributed by atoms with Crippen molar-refractivity contribution in [2.24, 2.45) is 0 Å². The lowest BCUT2D eigenvalue weighted by molar-refractivity contribution is -0.379. The van der Waals surface area contributed by atoms with Crippen LogP contribution in [0.15, 0.2) is 36.5 Å². The summed E-state index contributed by atoms with van der Waals surface area (Å²) in [4.78, 5) is 13.4. The van der Waals surface area contributed by atoms with Crippen molar-refractivity contribution in [3.63, 3.8) is 0 Å². The second-order valence-electron chi connectivity index (χ2n) is 28.2. The molecule has 12 N–H and O–H groups in total. The predicted octanol–water partition coefficient (Wildman–Crippen LogP) is 12.3. The highest BCUT2D eigenvalue weighted by molar-refractivity contribution is 5.76. The quantitative estimate of drug-likeness (QED) is 0.0199. The number of aliphatic hydroxyl groups is 11. The van der Waals surface area contributed by atoms with Gasteiger partial charge in [0.2, 0.25) is 5.91 Å². The van der Waals surface area contributed by atoms with Gasteiger partial charge in [0.1, 0.15) is 73.2 Å². The molecule has 0 bridgehead atoms. The molecule has 96 heavy (non-hydrogen) atoms. The van der Waals surface area contributed by atoms with Crippen LogP contribution in [-0.4, -0.2) is 193 Å². The van der Waals surface area contributed by atoms with E-state index >= 15 is 0 Å². The molecule has 3 aliphatic heterocycles. The van der Waals surface area contributed by atoms with Gasteiger partial charge in [-0.2, -0.15) is 0 Å². The Balaban J connectivity index is 1.27. The fraction of sp³-hybridized carbons (Fsp3) is 0.909. The topological polar surface area (TPSA) is 307 Å². The van der Waals surface area contributed by atoms with Crippen molar-refractivity contribution >= 4 is 5.91 Å². The minimum Gasteiger partial charge on any atom is -0.394 e. The molecule has 19 nitrogen and oxygen atoms in total. The zero-order chi connectivity index (χ0) is 69.6. The standard InChI is InChI=1S/C77H143NO18/c1-3-5-7-9-11-13-15-17-18-19-20-21-22-23-24-25-26-27-28-29-30-31-32-33-34-35-36-37-38-39-40-41-42-43-45-47-49-51-53-55-65(83)78-60(61(82)54-52-50-48-46-44-16-14-12-10-8-6-4-2)59-91-75-71(89)68(86)73(63(57-80)93-75)96-77-72(90)69(87)74(64(58-81)94-77)95-76-70(88)67(85)66(84)62(56-79)92-76/h10,12,44,46,52,54,60-64,66-77,79-82,84-90H,3-9,11,13-43,45,47-51,53,55-59H2,1-2H3,(H,78,83)/b12-10+,46-44+,54-52+. The first-order chi connectivity index (χ1) is 46.8. The van der Waals surface area contributed by atoms with Gasteiger partial charge in [0.15, 0.2) is 18.9 Å². The molecular weight excluding hydrogens is 1230 g/mol. The molecule has 19 heteroatoms. The Bertz CT molecular complexity index is 1880. The first-order valence-corrected chi connectivity index (χ1v) is 39.2. The first kappa shape index (κ1) is 88.2. The summed E-state index contributed by atoms with van der Waals surface area (Å²) in [6, 6.07) is -0.994. The fourth-order valence-corrected chi connectivity index (χ4v) is 13.3. The third-order valence-corrected chi connectivity index (χ3v) is 19.7. The van der Waals surface area contributed by atoms with Gasteiger partial charge in [-0.25, -0.2) is 0 Å². The molecule has 564 valence electrons. The molecule has 0 aromatic rings. The average molecular weight is 1370 g/mol. The Kier molecular flexibility index (Phi) is 53.8. The number of rotatable bonds is 62. The van der Waals surface area contributed by atoms with Crippen molar-refractivity contribution in [3.05, 3.63) is 36.5 Å². The molecule has 0 radical (unpaired) electrons. The van der Waals surface area contributed by atoms with E-state index in [-0.39, 0.29) is 18.9 Å². The van der Waals surface area contributed by atoms with Gasteiger partial charge < -0.3 is 89.9 Å². The number of hydrogen-bond donors (Lipinski definition) is 12. The monoisotopic (exact) mass is 1370 g/mol. The van der Waals surface area contributed by atoms with Crippen molar-refractivity contribution in [1.82, 2.24) is 5.32 Å². The molecule has 0 aromatic heterocycles. The van der Waals surface area contributed by atoms with Crippen molar-refractivity contribution < 1.29 is 89.4 Å². The van der Waals surface area contributed by atoms with E-state index in [2.05, 4.69) is 43.5 Å². The summed E-state index contributed by atoms with van der Waals surface area (Å²) in [5.41, 5.74) is 0. The van der Waals surface area contributed by atoms with E-state index in [1.165, 1.54) is 238 Å². The molecule has 0 aliphatic carbocycles. The molecule has 3 aliphatic rings. The highest BCUT2D eigenvalue weighted by Gasteiger charge is 2.53. The van der Waals surface area contributed by atoms with Crippen LogP contribution < -0.4 is 5.32 Å². The number of aliphatic hydroxyl groups excluding tert-OH is 11. The van der Waals surface area contributed by atoms with E-state index in [1.807, 2.05) is 6.08 Å². The SMILES string of the molecule is CCCC/C=C/CC/C=C/CC/C=C/C(O)C(COC1OC(CO)C(OC2OC(CO)C(OC3OC(CO)C(O)C(O)C3O)C(O)C2O)C(O)C1O)NC(=O)CCCCCCCCCCCCCCCCCCCCCCCCCCCCCCCCCCCCCCCCC. The Labute approximate surface area is 581 Å². The number of amides is 1. The summed E-state index contributed by atoms with van der Waals surface area (Å²) in [5.74, 6) is -0.286. The molecule has 0 spiro atoms. The van der Waals surface area contributed by atoms with Gasteiger partial charge in [0.05, 0.1) is 38.6 Å². The highest BCUT2D eigenvalue weighted by Crippen LogP contribution is 2.33. The number of unbranched alkanes of at least 4 members (excludes halogenated alkanes) is 42. The van der Waals surface area contributed by atoms with Crippen LogP contribution in [0.4, 0.5) is 0 Å². The van der Waals surface area contributed by atoms with Crippen LogP contribution in [0, 0.1) is 0 Å². The van der Waals surface area contributed by atoms with Gasteiger partial charge >= 0.3 is 0 Å². The van der Waals surface area contributed by atoms with Gasteiger partial charge in [-0.3, -0.25) is 4.79 Å². The van der Waals surface area contributed by atoms with E-state index < -0.39 is 124 Å². The molecule has 3 fully saturated rings. The molecule has 17 unspecified atom stereocenters. The summed E-state index contributed by atoms with van der Waals surface area (Å²) < 4.78 is 34.3. The summed E-state index contributed by atoms with van der Waals surface area (Å²) >= 11 is 0. The Morgan fingerprint density at radius 2 is 0.667 bits per heavy atom. The van der Waals surface area contributed by atoms with Gasteiger partial charge in [0.25, 0.3) is 0 Å². The lowest BCUT2D eigenvalue weighted by Gasteiger charge is -2.48. The molecule has 1 amide bonds. The number of nitrogens with one attached hydrogen (secondary N) is 1. The van der Waals surface area contributed by atoms with Crippen LogP contribution >= 0.6 is 0 Å². The maximum absolute atomic E-state index is 13.4. The van der Waals surface area contributed by atoms with Gasteiger partial charge in [-0.05, 0) is 38.5 Å². The molecule has 3 saturated heterocycles. The Hall–Kier alpha value is -1.99. The second-order valence-corrected chi connectivity index (χ2v) is 28.2. The minimum absolute atomic E-state index is 0.236. The first-order valence-electron chi connectivity index (χ1n) is 39.2. The van der Waals surface area contributed by atoms with Crippen LogP contribution in [0.2, 0.25) is 0 Å². The summed E-state index contributed by atoms with van der Waals surface area (Å²) in [7, 11) is 0. The third-order valence-electron chi connectivity index (χ3n) is 19.7. The van der Waals surface area contributed by atoms with E-state index in [0.29, 0.717) is 12.8 Å². The zero-order valence-corrected chi connectivity index (χ0v) is 60.1. The molecule has 0 aromatic carbocycles. The maximum atomic E-state index is 13.4. The second kappa shape index (κ2) is 58.5. The lowest BCUT2D eigenvalue weighted by Crippen LogP contribution is -2.66. The van der Waals surface area contributed by atoms with Crippen LogP contribution in [-0.2, 0) is 33.2 Å². The number of ether oxygens (including phenoxy) is 6. The van der Waals surface area contributed by atoms with Gasteiger partial charge in [-0.15, -0.1) is 0 Å². The van der Waals surface area contributed by atoms with Crippen molar-refractivity contribution in [3.8, 4) is 0 Å². The van der Waals surface area contributed by atoms with E-state index in [4.69, 9.17) is 28.4 Å². The van der Waals surface area contributed by atoms with Crippen LogP contribution in [0.3, 0.4) is 0 Å². The molecule has 3 heterocycles. The third kappa shape index (κ3) is 38.9. The average Bonchev–Trinajstić information content (AvgIpc) is 0.789. The van der Waals surface area contributed by atoms with Crippen LogP contribution in [0.5, 0.6) is 0 Å². The summed E-state index contributed by atoms with van der Waals surface area (Å²) in [5, 5.41) is 120. The lowest BCUT2D eigenvalue weighted by atomic mass is 9.96. The number of hydrogen-bond acceptors (Lipinski definition) is 18. The molecular formula is C77H143NO18. The smallest absolute Gasteiger partial charge is 0.220 e. The van der Waals surface area contributed by atoms with Crippen molar-refractivity contribution in [2.45, 2.75) is 420 Å². The predicted molar refractivity (Wildman–Crippen MR) is 379 cm³/mol. The van der Waals surface area contributed by atoms with E-state index in [0.717, 1.165) is 44.9 Å². The number of carbonyl (C=O) groups is 1.